The molecule has 16 heavy (non-hydrogen) atoms. The monoisotopic (exact) mass is 304 g/mol. The number of hydrogen-bond acceptors (Lipinski definition) is 2. The summed E-state index contributed by atoms with van der Waals surface area (Å²) < 4.78 is 4.72. The van der Waals surface area contributed by atoms with Crippen LogP contribution in [-0.4, -0.2) is 19.0 Å². The van der Waals surface area contributed by atoms with Crippen molar-refractivity contribution in [3.63, 3.8) is 0 Å². The number of aryl methyl sites for hydroxylation is 1. The molecule has 0 unspecified atom stereocenters. The summed E-state index contributed by atoms with van der Waals surface area (Å²) >= 11 is 9.02. The molecule has 1 aromatic rings. The zero-order valence-corrected chi connectivity index (χ0v) is 11.5. The van der Waals surface area contributed by atoms with Gasteiger partial charge in [0.1, 0.15) is 0 Å². The topological polar surface area (TPSA) is 26.3 Å². The van der Waals surface area contributed by atoms with Crippen LogP contribution in [0.1, 0.15) is 27.9 Å². The number of benzene rings is 1. The Morgan fingerprint density at radius 3 is 2.81 bits per heavy atom. The average Bonchev–Trinajstić information content (AvgIpc) is 2.34. The fourth-order valence-corrected chi connectivity index (χ4v) is 2.09. The summed E-state index contributed by atoms with van der Waals surface area (Å²) in [5.41, 5.74) is 2.77. The van der Waals surface area contributed by atoms with Gasteiger partial charge in [-0.3, -0.25) is 0 Å². The van der Waals surface area contributed by atoms with E-state index in [9.17, 15) is 4.79 Å². The maximum atomic E-state index is 11.5. The van der Waals surface area contributed by atoms with Gasteiger partial charge >= 0.3 is 5.97 Å². The van der Waals surface area contributed by atoms with Gasteiger partial charge in [0.05, 0.1) is 12.7 Å². The molecule has 0 aliphatic heterocycles. The zero-order chi connectivity index (χ0) is 12.0. The molecule has 0 saturated heterocycles. The van der Waals surface area contributed by atoms with Crippen LogP contribution in [0.5, 0.6) is 0 Å². The molecule has 0 saturated carbocycles. The largest absolute Gasteiger partial charge is 0.465 e. The molecule has 0 aromatic heterocycles. The van der Waals surface area contributed by atoms with Crippen molar-refractivity contribution >= 4 is 33.5 Å². The minimum Gasteiger partial charge on any atom is -0.465 e. The molecule has 0 spiro atoms. The second-order valence-electron chi connectivity index (χ2n) is 3.41. The van der Waals surface area contributed by atoms with Crippen LogP contribution < -0.4 is 0 Å². The fourth-order valence-electron chi connectivity index (χ4n) is 1.49. The number of carbonyl (C=O) groups is 1. The van der Waals surface area contributed by atoms with Gasteiger partial charge in [0.25, 0.3) is 0 Å². The van der Waals surface area contributed by atoms with Crippen LogP contribution in [0, 0.1) is 0 Å². The maximum absolute atomic E-state index is 11.5. The second kappa shape index (κ2) is 6.92. The lowest BCUT2D eigenvalue weighted by Gasteiger charge is -2.08. The highest BCUT2D eigenvalue weighted by Gasteiger charge is 2.11. The Morgan fingerprint density at radius 1 is 1.50 bits per heavy atom. The van der Waals surface area contributed by atoms with Gasteiger partial charge in [-0.25, -0.2) is 4.79 Å². The molecule has 0 radical (unpaired) electrons. The van der Waals surface area contributed by atoms with Crippen LogP contribution in [0.2, 0.25) is 0 Å². The van der Waals surface area contributed by atoms with Crippen molar-refractivity contribution in [1.82, 2.24) is 0 Å². The smallest absolute Gasteiger partial charge is 0.338 e. The normalized spacial score (nSPS) is 10.2. The van der Waals surface area contributed by atoms with Gasteiger partial charge in [-0.05, 0) is 30.0 Å². The molecule has 0 heterocycles. The predicted molar refractivity (Wildman–Crippen MR) is 69.5 cm³/mol. The van der Waals surface area contributed by atoms with E-state index in [4.69, 9.17) is 16.3 Å². The first-order valence-corrected chi connectivity index (χ1v) is 6.70. The average molecular weight is 306 g/mol. The van der Waals surface area contributed by atoms with Gasteiger partial charge in [0.15, 0.2) is 0 Å². The van der Waals surface area contributed by atoms with Crippen LogP contribution in [0.4, 0.5) is 0 Å². The van der Waals surface area contributed by atoms with E-state index in [-0.39, 0.29) is 5.97 Å². The molecule has 88 valence electrons. The molecule has 0 aliphatic carbocycles. The molecule has 0 amide bonds. The van der Waals surface area contributed by atoms with Crippen molar-refractivity contribution in [2.45, 2.75) is 18.2 Å². The lowest BCUT2D eigenvalue weighted by Crippen LogP contribution is -2.05. The quantitative estimate of drug-likeness (QED) is 0.614. The molecule has 0 N–H and O–H groups in total. The summed E-state index contributed by atoms with van der Waals surface area (Å²) in [4.78, 5) is 11.5. The molecule has 0 fully saturated rings. The van der Waals surface area contributed by atoms with Crippen LogP contribution in [0.3, 0.4) is 0 Å². The van der Waals surface area contributed by atoms with E-state index in [1.807, 2.05) is 18.2 Å². The van der Waals surface area contributed by atoms with E-state index < -0.39 is 0 Å². The summed E-state index contributed by atoms with van der Waals surface area (Å²) in [6.07, 6.45) is 1.88. The van der Waals surface area contributed by atoms with E-state index in [0.717, 1.165) is 18.4 Å². The van der Waals surface area contributed by atoms with Crippen LogP contribution in [-0.2, 0) is 16.5 Å². The second-order valence-corrected chi connectivity index (χ2v) is 4.35. The summed E-state index contributed by atoms with van der Waals surface area (Å²) in [6.45, 7) is 0. The van der Waals surface area contributed by atoms with Gasteiger partial charge in [-0.1, -0.05) is 28.1 Å². The third-order valence-electron chi connectivity index (χ3n) is 2.32. The minimum absolute atomic E-state index is 0.293. The molecular weight excluding hydrogens is 291 g/mol. The third kappa shape index (κ3) is 3.49. The van der Waals surface area contributed by atoms with Crippen molar-refractivity contribution < 1.29 is 9.53 Å². The van der Waals surface area contributed by atoms with Gasteiger partial charge in [0, 0.05) is 11.2 Å². The molecule has 0 bridgehead atoms. The first-order valence-electron chi connectivity index (χ1n) is 5.05. The lowest BCUT2D eigenvalue weighted by molar-refractivity contribution is 0.0600. The van der Waals surface area contributed by atoms with E-state index in [0.29, 0.717) is 16.8 Å². The highest BCUT2D eigenvalue weighted by Crippen LogP contribution is 2.17. The van der Waals surface area contributed by atoms with Crippen molar-refractivity contribution in [2.75, 3.05) is 13.0 Å². The standard InChI is InChI=1S/C12H14BrClO2/c1-16-12(15)11-5-4-9(3-2-6-14)7-10(11)8-13/h4-5,7H,2-3,6,8H2,1H3. The summed E-state index contributed by atoms with van der Waals surface area (Å²) in [7, 11) is 1.39. The Hall–Kier alpha value is -0.540. The Balaban J connectivity index is 2.92. The minimum atomic E-state index is -0.293. The van der Waals surface area contributed by atoms with E-state index in [2.05, 4.69) is 15.9 Å². The van der Waals surface area contributed by atoms with Crippen molar-refractivity contribution in [3.8, 4) is 0 Å². The third-order valence-corrected chi connectivity index (χ3v) is 3.19. The number of alkyl halides is 2. The number of carbonyl (C=O) groups excluding carboxylic acids is 1. The predicted octanol–water partition coefficient (Wildman–Crippen LogP) is 3.54. The fraction of sp³-hybridized carbons (Fsp3) is 0.417. The van der Waals surface area contributed by atoms with Gasteiger partial charge in [-0.15, -0.1) is 11.6 Å². The van der Waals surface area contributed by atoms with Crippen molar-refractivity contribution in [3.05, 3.63) is 34.9 Å². The Kier molecular flexibility index (Phi) is 5.85. The van der Waals surface area contributed by atoms with Gasteiger partial charge in [-0.2, -0.15) is 0 Å². The number of halogens is 2. The number of rotatable bonds is 5. The van der Waals surface area contributed by atoms with Crippen molar-refractivity contribution in [1.29, 1.82) is 0 Å². The molecule has 0 aliphatic rings. The number of hydrogen-bond donors (Lipinski definition) is 0. The van der Waals surface area contributed by atoms with E-state index in [1.165, 1.54) is 12.7 Å². The molecule has 2 nitrogen and oxygen atoms in total. The highest BCUT2D eigenvalue weighted by atomic mass is 79.9. The van der Waals surface area contributed by atoms with Gasteiger partial charge in [0.2, 0.25) is 0 Å². The first-order chi connectivity index (χ1) is 7.72. The number of methoxy groups -OCH3 is 1. The summed E-state index contributed by atoms with van der Waals surface area (Å²) in [5.74, 6) is 0.362. The highest BCUT2D eigenvalue weighted by molar-refractivity contribution is 9.08. The Morgan fingerprint density at radius 2 is 2.25 bits per heavy atom. The zero-order valence-electron chi connectivity index (χ0n) is 9.13. The van der Waals surface area contributed by atoms with Gasteiger partial charge < -0.3 is 4.74 Å². The van der Waals surface area contributed by atoms with E-state index >= 15 is 0 Å². The molecule has 4 heteroatoms. The number of ether oxygens (including phenoxy) is 1. The molecule has 1 rings (SSSR count). The molecule has 0 atom stereocenters. The first kappa shape index (κ1) is 13.5. The van der Waals surface area contributed by atoms with Crippen LogP contribution in [0.25, 0.3) is 0 Å². The van der Waals surface area contributed by atoms with Crippen LogP contribution in [0.15, 0.2) is 18.2 Å². The molecule has 1 aromatic carbocycles. The van der Waals surface area contributed by atoms with E-state index in [1.54, 1.807) is 0 Å². The molecular formula is C12H14BrClO2. The Labute approximate surface area is 109 Å². The summed E-state index contributed by atoms with van der Waals surface area (Å²) in [5, 5.41) is 0.645. The Bertz CT molecular complexity index is 366. The lowest BCUT2D eigenvalue weighted by atomic mass is 10.0. The maximum Gasteiger partial charge on any atom is 0.338 e. The SMILES string of the molecule is COC(=O)c1ccc(CCCCl)cc1CBr. The summed E-state index contributed by atoms with van der Waals surface area (Å²) in [6, 6.07) is 5.78. The number of esters is 1. The van der Waals surface area contributed by atoms with Crippen LogP contribution >= 0.6 is 27.5 Å². The van der Waals surface area contributed by atoms with Crippen molar-refractivity contribution in [2.24, 2.45) is 0 Å².